The van der Waals surface area contributed by atoms with Crippen LogP contribution in [0, 0.1) is 5.92 Å². The van der Waals surface area contributed by atoms with Gasteiger partial charge in [-0.2, -0.15) is 13.1 Å². The summed E-state index contributed by atoms with van der Waals surface area (Å²) in [4.78, 5) is 24.8. The largest absolute Gasteiger partial charge is 0.352 e. The van der Waals surface area contributed by atoms with Crippen molar-refractivity contribution in [1.82, 2.24) is 23.7 Å². The van der Waals surface area contributed by atoms with Crippen molar-refractivity contribution >= 4 is 44.6 Å². The van der Waals surface area contributed by atoms with Crippen molar-refractivity contribution in [1.29, 1.82) is 0 Å². The molecule has 4 rings (SSSR count). The highest BCUT2D eigenvalue weighted by Gasteiger charge is 2.35. The summed E-state index contributed by atoms with van der Waals surface area (Å²) in [5.41, 5.74) is 0.896. The monoisotopic (exact) mass is 437 g/mol. The predicted molar refractivity (Wildman–Crippen MR) is 108 cm³/mol. The SMILES string of the molecule is C[C@H](NC(=O)C1CCCN(S(=O)(=O)c2cccc3nsnc23)C1)C(=O)NC1CC1. The van der Waals surface area contributed by atoms with Crippen molar-refractivity contribution in [3.05, 3.63) is 18.2 Å². The Kier molecular flexibility index (Phi) is 5.54. The van der Waals surface area contributed by atoms with Crippen LogP contribution in [0.4, 0.5) is 0 Å². The summed E-state index contributed by atoms with van der Waals surface area (Å²) in [5.74, 6) is -0.997. The number of carbonyl (C=O) groups is 2. The van der Waals surface area contributed by atoms with E-state index < -0.39 is 22.0 Å². The van der Waals surface area contributed by atoms with E-state index in [9.17, 15) is 18.0 Å². The highest BCUT2D eigenvalue weighted by molar-refractivity contribution is 7.89. The summed E-state index contributed by atoms with van der Waals surface area (Å²) in [5, 5.41) is 5.59. The van der Waals surface area contributed by atoms with Gasteiger partial charge in [0.05, 0.1) is 17.6 Å². The van der Waals surface area contributed by atoms with Gasteiger partial charge in [-0.1, -0.05) is 6.07 Å². The fourth-order valence-electron chi connectivity index (χ4n) is 3.45. The van der Waals surface area contributed by atoms with Gasteiger partial charge in [-0.05, 0) is 44.7 Å². The first kappa shape index (κ1) is 20.2. The number of carbonyl (C=O) groups excluding carboxylic acids is 2. The van der Waals surface area contributed by atoms with Crippen LogP contribution in [-0.2, 0) is 19.6 Å². The molecule has 1 aliphatic carbocycles. The third-order valence-electron chi connectivity index (χ3n) is 5.30. The van der Waals surface area contributed by atoms with Gasteiger partial charge in [0, 0.05) is 19.1 Å². The van der Waals surface area contributed by atoms with Gasteiger partial charge >= 0.3 is 0 Å². The smallest absolute Gasteiger partial charge is 0.245 e. The lowest BCUT2D eigenvalue weighted by Gasteiger charge is -2.31. The molecular weight excluding hydrogens is 414 g/mol. The number of rotatable bonds is 6. The Balaban J connectivity index is 1.45. The maximum absolute atomic E-state index is 13.2. The quantitative estimate of drug-likeness (QED) is 0.692. The van der Waals surface area contributed by atoms with Crippen molar-refractivity contribution in [2.24, 2.45) is 5.92 Å². The highest BCUT2D eigenvalue weighted by Crippen LogP contribution is 2.28. The lowest BCUT2D eigenvalue weighted by atomic mass is 9.98. The van der Waals surface area contributed by atoms with Crippen LogP contribution in [0.15, 0.2) is 23.1 Å². The average molecular weight is 438 g/mol. The number of piperidine rings is 1. The molecule has 1 saturated carbocycles. The molecule has 1 aromatic heterocycles. The molecule has 9 nitrogen and oxygen atoms in total. The molecule has 2 fully saturated rings. The first-order valence-electron chi connectivity index (χ1n) is 9.68. The molecule has 2 atom stereocenters. The molecule has 1 aliphatic heterocycles. The Morgan fingerprint density at radius 2 is 2.03 bits per heavy atom. The molecular formula is C18H23N5O4S2. The lowest BCUT2D eigenvalue weighted by molar-refractivity contribution is -0.131. The average Bonchev–Trinajstić information content (AvgIpc) is 3.39. The number of sulfonamides is 1. The molecule has 0 radical (unpaired) electrons. The zero-order valence-electron chi connectivity index (χ0n) is 16.0. The van der Waals surface area contributed by atoms with Crippen LogP contribution in [0.5, 0.6) is 0 Å². The van der Waals surface area contributed by atoms with Crippen LogP contribution < -0.4 is 10.6 Å². The molecule has 1 saturated heterocycles. The van der Waals surface area contributed by atoms with E-state index in [4.69, 9.17) is 0 Å². The predicted octanol–water partition coefficient (Wildman–Crippen LogP) is 0.875. The second kappa shape index (κ2) is 7.96. The van der Waals surface area contributed by atoms with Gasteiger partial charge in [-0.15, -0.1) is 0 Å². The van der Waals surface area contributed by atoms with Crippen LogP contribution in [-0.4, -0.2) is 58.5 Å². The summed E-state index contributed by atoms with van der Waals surface area (Å²) in [6.45, 7) is 2.07. The van der Waals surface area contributed by atoms with Gasteiger partial charge in [0.25, 0.3) is 0 Å². The molecule has 11 heteroatoms. The van der Waals surface area contributed by atoms with Gasteiger partial charge in [0.2, 0.25) is 21.8 Å². The van der Waals surface area contributed by atoms with Crippen LogP contribution in [0.1, 0.15) is 32.6 Å². The summed E-state index contributed by atoms with van der Waals surface area (Å²) in [6.07, 6.45) is 3.11. The van der Waals surface area contributed by atoms with E-state index in [2.05, 4.69) is 19.4 Å². The molecule has 2 aromatic rings. The standard InChI is InChI=1S/C18H23N5O4S2/c1-11(17(24)20-13-7-8-13)19-18(25)12-4-3-9-23(10-12)29(26,27)15-6-2-5-14-16(15)22-28-21-14/h2,5-6,11-13H,3-4,7-10H2,1H3,(H,19,25)(H,20,24)/t11-,12?/m0/s1. The molecule has 2 N–H and O–H groups in total. The number of amides is 2. The van der Waals surface area contributed by atoms with Crippen molar-refractivity contribution in [2.45, 2.75) is 49.6 Å². The Morgan fingerprint density at radius 3 is 2.79 bits per heavy atom. The zero-order chi connectivity index (χ0) is 20.6. The Morgan fingerprint density at radius 1 is 1.24 bits per heavy atom. The molecule has 2 amide bonds. The first-order valence-corrected chi connectivity index (χ1v) is 11.9. The van der Waals surface area contributed by atoms with E-state index >= 15 is 0 Å². The number of hydrogen-bond donors (Lipinski definition) is 2. The number of nitrogens with zero attached hydrogens (tertiary/aromatic N) is 3. The van der Waals surface area contributed by atoms with Gasteiger partial charge < -0.3 is 10.6 Å². The van der Waals surface area contributed by atoms with Gasteiger partial charge in [0.1, 0.15) is 22.0 Å². The maximum atomic E-state index is 13.2. The second-order valence-corrected chi connectivity index (χ2v) is 10.0. The Hall–Kier alpha value is -2.11. The van der Waals surface area contributed by atoms with Crippen molar-refractivity contribution in [3.8, 4) is 0 Å². The molecule has 1 aromatic carbocycles. The van der Waals surface area contributed by atoms with Crippen molar-refractivity contribution < 1.29 is 18.0 Å². The number of benzene rings is 1. The Labute approximate surface area is 173 Å². The number of hydrogen-bond acceptors (Lipinski definition) is 7. The molecule has 0 spiro atoms. The van der Waals surface area contributed by atoms with Crippen LogP contribution in [0.25, 0.3) is 11.0 Å². The molecule has 0 bridgehead atoms. The van der Waals surface area contributed by atoms with Crippen molar-refractivity contribution in [2.75, 3.05) is 13.1 Å². The summed E-state index contributed by atoms with van der Waals surface area (Å²) in [7, 11) is -3.80. The molecule has 156 valence electrons. The Bertz CT molecular complexity index is 1030. The van der Waals surface area contributed by atoms with E-state index in [0.717, 1.165) is 24.6 Å². The fourth-order valence-corrected chi connectivity index (χ4v) is 5.73. The summed E-state index contributed by atoms with van der Waals surface area (Å²) in [6, 6.07) is 4.46. The molecule has 2 heterocycles. The van der Waals surface area contributed by atoms with Crippen LogP contribution in [0.2, 0.25) is 0 Å². The van der Waals surface area contributed by atoms with E-state index in [0.29, 0.717) is 30.4 Å². The van der Waals surface area contributed by atoms with Crippen LogP contribution >= 0.6 is 11.7 Å². The lowest BCUT2D eigenvalue weighted by Crippen LogP contribution is -2.50. The summed E-state index contributed by atoms with van der Waals surface area (Å²) < 4.78 is 35.9. The zero-order valence-corrected chi connectivity index (χ0v) is 17.6. The minimum Gasteiger partial charge on any atom is -0.352 e. The van der Waals surface area contributed by atoms with Gasteiger partial charge in [-0.3, -0.25) is 9.59 Å². The first-order chi connectivity index (χ1) is 13.9. The minimum absolute atomic E-state index is 0.0824. The maximum Gasteiger partial charge on any atom is 0.245 e. The third kappa shape index (κ3) is 4.26. The van der Waals surface area contributed by atoms with Gasteiger partial charge in [0.15, 0.2) is 0 Å². The molecule has 29 heavy (non-hydrogen) atoms. The molecule has 1 unspecified atom stereocenters. The third-order valence-corrected chi connectivity index (χ3v) is 7.74. The van der Waals surface area contributed by atoms with E-state index in [1.807, 2.05) is 0 Å². The number of nitrogens with one attached hydrogen (secondary N) is 2. The minimum atomic E-state index is -3.80. The summed E-state index contributed by atoms with van der Waals surface area (Å²) >= 11 is 0.968. The van der Waals surface area contributed by atoms with E-state index in [1.54, 1.807) is 19.1 Å². The van der Waals surface area contributed by atoms with Crippen molar-refractivity contribution in [3.63, 3.8) is 0 Å². The van der Waals surface area contributed by atoms with E-state index in [1.165, 1.54) is 10.4 Å². The second-order valence-electron chi connectivity index (χ2n) is 7.60. The van der Waals surface area contributed by atoms with Gasteiger partial charge in [-0.25, -0.2) is 8.42 Å². The molecule has 2 aliphatic rings. The van der Waals surface area contributed by atoms with Crippen LogP contribution in [0.3, 0.4) is 0 Å². The number of aromatic nitrogens is 2. The van der Waals surface area contributed by atoms with E-state index in [-0.39, 0.29) is 29.3 Å². The topological polar surface area (TPSA) is 121 Å². The number of fused-ring (bicyclic) bond motifs is 1. The fraction of sp³-hybridized carbons (Fsp3) is 0.556. The highest BCUT2D eigenvalue weighted by atomic mass is 32.2. The normalized spacial score (nSPS) is 21.6.